The van der Waals surface area contributed by atoms with Gasteiger partial charge in [0, 0.05) is 5.92 Å². The summed E-state index contributed by atoms with van der Waals surface area (Å²) in [6.07, 6.45) is 0. The highest BCUT2D eigenvalue weighted by Gasteiger charge is 2.19. The van der Waals surface area contributed by atoms with Crippen LogP contribution in [-0.2, 0) is 9.59 Å². The number of nitrogens with zero attached hydrogens (tertiary/aromatic N) is 1. The molecule has 0 heterocycles. The molecule has 0 aromatic heterocycles. The van der Waals surface area contributed by atoms with Crippen molar-refractivity contribution in [1.82, 2.24) is 0 Å². The predicted octanol–water partition coefficient (Wildman–Crippen LogP) is -1.16. The molecule has 0 radical (unpaired) electrons. The summed E-state index contributed by atoms with van der Waals surface area (Å²) in [5.74, 6) is -1.93. The van der Waals surface area contributed by atoms with Crippen molar-refractivity contribution in [3.8, 4) is 0 Å². The molecule has 4 nitrogen and oxygen atoms in total. The Morgan fingerprint density at radius 2 is 1.89 bits per heavy atom. The fraction of sp³-hybridized carbons (Fsp3) is 0.600. The second-order valence-corrected chi connectivity index (χ2v) is 1.96. The van der Waals surface area contributed by atoms with E-state index in [2.05, 4.69) is 0 Å². The van der Waals surface area contributed by atoms with Crippen molar-refractivity contribution < 1.29 is 14.7 Å². The zero-order valence-electron chi connectivity index (χ0n) is 5.34. The fourth-order valence-electron chi connectivity index (χ4n) is 0.317. The molecule has 0 saturated heterocycles. The van der Waals surface area contributed by atoms with Gasteiger partial charge in [0.1, 0.15) is 0 Å². The zero-order chi connectivity index (χ0) is 7.44. The Morgan fingerprint density at radius 1 is 1.44 bits per heavy atom. The molecule has 0 spiro atoms. The minimum absolute atomic E-state index is 0.364. The van der Waals surface area contributed by atoms with Gasteiger partial charge in [-0.15, -0.1) is 0 Å². The summed E-state index contributed by atoms with van der Waals surface area (Å²) in [5, 5.41) is 1.26. The normalized spacial score (nSPS) is 9.22. The van der Waals surface area contributed by atoms with Crippen molar-refractivity contribution in [3.05, 3.63) is 5.53 Å². The molecule has 1 N–H and O–H groups in total. The maximum absolute atomic E-state index is 10.5. The predicted molar refractivity (Wildman–Crippen MR) is 29.2 cm³/mol. The Bertz CT molecular complexity index is 151. The molecule has 0 aromatic carbocycles. The Labute approximate surface area is 52.8 Å². The van der Waals surface area contributed by atoms with Crippen LogP contribution in [0.15, 0.2) is 0 Å². The largest absolute Gasteiger partial charge is 0.499 e. The lowest BCUT2D eigenvalue weighted by molar-refractivity contribution is -0.392. The lowest BCUT2D eigenvalue weighted by Crippen LogP contribution is -2.71. The van der Waals surface area contributed by atoms with Crippen LogP contribution in [0.3, 0.4) is 0 Å². The van der Waals surface area contributed by atoms with Gasteiger partial charge in [-0.05, 0) is 0 Å². The van der Waals surface area contributed by atoms with Crippen LogP contribution >= 0.6 is 0 Å². The molecule has 9 heavy (non-hydrogen) atoms. The van der Waals surface area contributed by atoms with E-state index in [1.165, 1.54) is 5.11 Å². The van der Waals surface area contributed by atoms with Crippen LogP contribution in [0.5, 0.6) is 0 Å². The lowest BCUT2D eigenvalue weighted by atomic mass is 10.1. The van der Waals surface area contributed by atoms with Gasteiger partial charge >= 0.3 is 5.91 Å². The second kappa shape index (κ2) is 3.06. The van der Waals surface area contributed by atoms with E-state index < -0.39 is 11.7 Å². The molecular weight excluding hydrogens is 120 g/mol. The molecule has 0 bridgehead atoms. The van der Waals surface area contributed by atoms with Gasteiger partial charge in [0.15, 0.2) is 0 Å². The van der Waals surface area contributed by atoms with Gasteiger partial charge in [-0.3, -0.25) is 9.91 Å². The van der Waals surface area contributed by atoms with Crippen molar-refractivity contribution in [2.75, 3.05) is 0 Å². The van der Waals surface area contributed by atoms with Gasteiger partial charge in [0.25, 0.3) is 5.78 Å². The van der Waals surface area contributed by atoms with E-state index in [1.54, 1.807) is 13.8 Å². The van der Waals surface area contributed by atoms with Gasteiger partial charge in [-0.2, -0.15) is 0 Å². The number of rotatable bonds is 2. The monoisotopic (exact) mass is 128 g/mol. The van der Waals surface area contributed by atoms with Crippen molar-refractivity contribution in [2.45, 2.75) is 13.8 Å². The number of carbonyl (C=O) groups is 2. The maximum atomic E-state index is 10.5. The Hall–Kier alpha value is -1.06. The Kier molecular flexibility index (Phi) is 2.70. The summed E-state index contributed by atoms with van der Waals surface area (Å²) < 4.78 is 0. The third-order valence-corrected chi connectivity index (χ3v) is 0.850. The number of nitrogens with one attached hydrogen (secondary N) is 1. The molecule has 0 aliphatic rings. The highest BCUT2D eigenvalue weighted by molar-refractivity contribution is 6.32. The Morgan fingerprint density at radius 3 is 2.00 bits per heavy atom. The first-order valence-corrected chi connectivity index (χ1v) is 2.58. The number of Topliss-reactive ketones (excluding diaryl/α,β-unsaturated/α-hetero) is 1. The van der Waals surface area contributed by atoms with Crippen molar-refractivity contribution >= 4 is 11.7 Å². The first-order valence-electron chi connectivity index (χ1n) is 2.58. The van der Waals surface area contributed by atoms with E-state index in [0.29, 0.717) is 0 Å². The molecule has 4 heteroatoms. The number of amides is 1. The molecular formula is C5H8N2O2. The molecule has 0 rings (SSSR count). The summed E-state index contributed by atoms with van der Waals surface area (Å²) in [6, 6.07) is 0. The fourth-order valence-corrected chi connectivity index (χ4v) is 0.317. The number of ketones is 1. The van der Waals surface area contributed by atoms with Gasteiger partial charge in [-0.25, -0.2) is 4.79 Å². The summed E-state index contributed by atoms with van der Waals surface area (Å²) >= 11 is 0. The number of carbonyl (C=O) groups excluding carboxylic acids is 2. The SMILES string of the molecule is CC(C)C(=O)C(=O)[NH+]=[N-]. The first-order chi connectivity index (χ1) is 4.09. The van der Waals surface area contributed by atoms with Gasteiger partial charge in [0.05, 0.1) is 0 Å². The second-order valence-electron chi connectivity index (χ2n) is 1.96. The van der Waals surface area contributed by atoms with Crippen LogP contribution in [0.1, 0.15) is 13.8 Å². The zero-order valence-corrected chi connectivity index (χ0v) is 5.34. The molecule has 0 atom stereocenters. The maximum Gasteiger partial charge on any atom is 0.443 e. The van der Waals surface area contributed by atoms with E-state index >= 15 is 0 Å². The van der Waals surface area contributed by atoms with E-state index in [1.807, 2.05) is 0 Å². The average Bonchev–Trinajstić information content (AvgIpc) is 1.84. The van der Waals surface area contributed by atoms with Crippen LogP contribution in [0.4, 0.5) is 0 Å². The summed E-state index contributed by atoms with van der Waals surface area (Å²) in [7, 11) is 0. The topological polar surface area (TPSA) is 70.4 Å². The molecule has 0 aliphatic heterocycles. The van der Waals surface area contributed by atoms with Crippen molar-refractivity contribution in [1.29, 1.82) is 0 Å². The smallest absolute Gasteiger partial charge is 0.443 e. The van der Waals surface area contributed by atoms with E-state index in [9.17, 15) is 9.59 Å². The highest BCUT2D eigenvalue weighted by Crippen LogP contribution is 1.90. The van der Waals surface area contributed by atoms with Crippen molar-refractivity contribution in [3.63, 3.8) is 0 Å². The molecule has 0 aliphatic carbocycles. The van der Waals surface area contributed by atoms with E-state index in [0.717, 1.165) is 0 Å². The third-order valence-electron chi connectivity index (χ3n) is 0.850. The molecule has 50 valence electrons. The van der Waals surface area contributed by atoms with E-state index in [-0.39, 0.29) is 5.92 Å². The van der Waals surface area contributed by atoms with Crippen LogP contribution in [-0.4, -0.2) is 11.7 Å². The van der Waals surface area contributed by atoms with Crippen molar-refractivity contribution in [2.24, 2.45) is 5.92 Å². The quantitative estimate of drug-likeness (QED) is 0.376. The molecule has 0 unspecified atom stereocenters. The third kappa shape index (κ3) is 2.12. The molecule has 0 saturated carbocycles. The minimum atomic E-state index is -0.954. The van der Waals surface area contributed by atoms with Crippen LogP contribution in [0.25, 0.3) is 5.53 Å². The van der Waals surface area contributed by atoms with E-state index in [4.69, 9.17) is 5.53 Å². The summed E-state index contributed by atoms with van der Waals surface area (Å²) in [5.41, 5.74) is 7.93. The number of hydrogen-bond acceptors (Lipinski definition) is 2. The first kappa shape index (κ1) is 7.94. The van der Waals surface area contributed by atoms with Crippen LogP contribution in [0, 0.1) is 5.92 Å². The van der Waals surface area contributed by atoms with Gasteiger partial charge in [-0.1, -0.05) is 13.8 Å². The standard InChI is InChI=1S/C5H8N2O2/c1-3(2)4(8)5(9)7-6/h3,7H,1-2H3. The molecule has 0 fully saturated rings. The number of hydrogen-bond donors (Lipinski definition) is 1. The van der Waals surface area contributed by atoms with Gasteiger partial charge < -0.3 is 5.53 Å². The highest BCUT2D eigenvalue weighted by atomic mass is 16.2. The van der Waals surface area contributed by atoms with Gasteiger partial charge in [0.2, 0.25) is 0 Å². The van der Waals surface area contributed by atoms with Crippen LogP contribution < -0.4 is 5.11 Å². The minimum Gasteiger partial charge on any atom is -0.499 e. The van der Waals surface area contributed by atoms with Crippen LogP contribution in [0.2, 0.25) is 0 Å². The lowest BCUT2D eigenvalue weighted by Gasteiger charge is -1.92. The summed E-state index contributed by atoms with van der Waals surface area (Å²) in [6.45, 7) is 3.16. The molecule has 0 aromatic rings. The average molecular weight is 128 g/mol. The summed E-state index contributed by atoms with van der Waals surface area (Å²) in [4.78, 5) is 20.7. The molecule has 1 amide bonds. The Balaban J connectivity index is 4.04.